The maximum atomic E-state index is 13.1. The Bertz CT molecular complexity index is 817. The molecule has 28 heavy (non-hydrogen) atoms. The number of carbonyl (C=O) groups excluding carboxylic acids is 1. The first kappa shape index (κ1) is 19.3. The molecular weight excluding hydrogens is 348 g/mol. The Labute approximate surface area is 168 Å². The van der Waals surface area contributed by atoms with E-state index in [0.29, 0.717) is 23.7 Å². The zero-order valence-electron chi connectivity index (χ0n) is 17.3. The second-order valence-corrected chi connectivity index (χ2v) is 8.87. The van der Waals surface area contributed by atoms with Gasteiger partial charge in [-0.3, -0.25) is 14.7 Å². The van der Waals surface area contributed by atoms with Gasteiger partial charge in [-0.1, -0.05) is 38.1 Å². The van der Waals surface area contributed by atoms with Crippen LogP contribution < -0.4 is 0 Å². The minimum atomic E-state index is 0.0703. The summed E-state index contributed by atoms with van der Waals surface area (Å²) < 4.78 is 0. The van der Waals surface area contributed by atoms with Crippen molar-refractivity contribution in [3.05, 3.63) is 42.2 Å². The van der Waals surface area contributed by atoms with Crippen LogP contribution in [-0.2, 0) is 0 Å². The van der Waals surface area contributed by atoms with E-state index in [1.165, 1.54) is 25.9 Å². The standard InChI is InChI=1S/C23H32N4O/c1-17(2)14-27(19-9-12-25(3)13-10-19)20-15-26(16-20)23(28)22-21-7-5-4-6-18(21)8-11-24-22/h4-8,11,17,19-20H,9-10,12-16H2,1-3H3. The molecule has 0 atom stereocenters. The lowest BCUT2D eigenvalue weighted by molar-refractivity contribution is -0.00815. The van der Waals surface area contributed by atoms with Crippen molar-refractivity contribution in [2.24, 2.45) is 5.92 Å². The first-order valence-corrected chi connectivity index (χ1v) is 10.6. The van der Waals surface area contributed by atoms with Gasteiger partial charge in [0.05, 0.1) is 0 Å². The van der Waals surface area contributed by atoms with Crippen molar-refractivity contribution in [3.63, 3.8) is 0 Å². The average molecular weight is 381 g/mol. The zero-order valence-corrected chi connectivity index (χ0v) is 17.3. The molecule has 0 unspecified atom stereocenters. The van der Waals surface area contributed by atoms with E-state index in [0.717, 1.165) is 30.4 Å². The summed E-state index contributed by atoms with van der Waals surface area (Å²) >= 11 is 0. The van der Waals surface area contributed by atoms with E-state index < -0.39 is 0 Å². The molecule has 1 amide bonds. The first-order valence-electron chi connectivity index (χ1n) is 10.6. The van der Waals surface area contributed by atoms with Gasteiger partial charge in [-0.2, -0.15) is 0 Å². The Morgan fingerprint density at radius 3 is 2.57 bits per heavy atom. The van der Waals surface area contributed by atoms with E-state index in [1.54, 1.807) is 6.20 Å². The largest absolute Gasteiger partial charge is 0.334 e. The molecule has 4 rings (SSSR count). The van der Waals surface area contributed by atoms with E-state index in [2.05, 4.69) is 35.7 Å². The van der Waals surface area contributed by atoms with E-state index in [1.807, 2.05) is 35.2 Å². The molecule has 2 aliphatic rings. The predicted octanol–water partition coefficient (Wildman–Crippen LogP) is 3.11. The van der Waals surface area contributed by atoms with E-state index >= 15 is 0 Å². The second-order valence-electron chi connectivity index (χ2n) is 8.87. The van der Waals surface area contributed by atoms with Gasteiger partial charge in [0, 0.05) is 43.3 Å². The Morgan fingerprint density at radius 1 is 1.14 bits per heavy atom. The van der Waals surface area contributed by atoms with Crippen LogP contribution in [-0.4, -0.2) is 77.4 Å². The Morgan fingerprint density at radius 2 is 1.86 bits per heavy atom. The van der Waals surface area contributed by atoms with Gasteiger partial charge in [-0.25, -0.2) is 0 Å². The van der Waals surface area contributed by atoms with Crippen LogP contribution >= 0.6 is 0 Å². The number of amides is 1. The van der Waals surface area contributed by atoms with Crippen LogP contribution in [0.1, 0.15) is 37.2 Å². The summed E-state index contributed by atoms with van der Waals surface area (Å²) in [6, 6.07) is 11.1. The summed E-state index contributed by atoms with van der Waals surface area (Å²) in [5.41, 5.74) is 0.589. The van der Waals surface area contributed by atoms with E-state index in [9.17, 15) is 4.79 Å². The molecule has 0 N–H and O–H groups in total. The number of hydrogen-bond donors (Lipinski definition) is 0. The monoisotopic (exact) mass is 380 g/mol. The molecule has 2 aromatic rings. The van der Waals surface area contributed by atoms with Crippen LogP contribution in [0.4, 0.5) is 0 Å². The number of piperidine rings is 1. The van der Waals surface area contributed by atoms with E-state index in [4.69, 9.17) is 0 Å². The molecule has 1 aromatic heterocycles. The zero-order chi connectivity index (χ0) is 19.7. The molecule has 2 saturated heterocycles. The summed E-state index contributed by atoms with van der Waals surface area (Å²) in [5.74, 6) is 0.713. The Balaban J connectivity index is 1.44. The second kappa shape index (κ2) is 8.18. The maximum absolute atomic E-state index is 13.1. The lowest BCUT2D eigenvalue weighted by atomic mass is 9.96. The number of rotatable bonds is 5. The molecule has 0 radical (unpaired) electrons. The van der Waals surface area contributed by atoms with Crippen molar-refractivity contribution in [2.45, 2.75) is 38.8 Å². The molecule has 0 spiro atoms. The van der Waals surface area contributed by atoms with Crippen LogP contribution in [0.5, 0.6) is 0 Å². The summed E-state index contributed by atoms with van der Waals surface area (Å²) in [6.07, 6.45) is 4.22. The van der Waals surface area contributed by atoms with Crippen LogP contribution in [0.3, 0.4) is 0 Å². The maximum Gasteiger partial charge on any atom is 0.273 e. The number of aromatic nitrogens is 1. The molecule has 150 valence electrons. The topological polar surface area (TPSA) is 39.7 Å². The van der Waals surface area contributed by atoms with Gasteiger partial charge in [0.15, 0.2) is 0 Å². The molecule has 2 aliphatic heterocycles. The van der Waals surface area contributed by atoms with E-state index in [-0.39, 0.29) is 5.91 Å². The number of fused-ring (bicyclic) bond motifs is 1. The Hall–Kier alpha value is -1.98. The van der Waals surface area contributed by atoms with Crippen LogP contribution in [0.25, 0.3) is 10.8 Å². The SMILES string of the molecule is CC(C)CN(C1CCN(C)CC1)C1CN(C(=O)c2nccc3ccccc23)C1. The summed E-state index contributed by atoms with van der Waals surface area (Å²) in [7, 11) is 2.21. The fourth-order valence-corrected chi connectivity index (χ4v) is 4.62. The molecular formula is C23H32N4O. The summed E-state index contributed by atoms with van der Waals surface area (Å²) in [6.45, 7) is 9.70. The van der Waals surface area contributed by atoms with Crippen LogP contribution in [0.2, 0.25) is 0 Å². The van der Waals surface area contributed by atoms with Gasteiger partial charge >= 0.3 is 0 Å². The number of carbonyl (C=O) groups is 1. The third-order valence-corrected chi connectivity index (χ3v) is 6.23. The van der Waals surface area contributed by atoms with Gasteiger partial charge in [-0.05, 0) is 50.3 Å². The fraction of sp³-hybridized carbons (Fsp3) is 0.565. The van der Waals surface area contributed by atoms with Crippen LogP contribution in [0, 0.1) is 5.92 Å². The molecule has 1 aromatic carbocycles. The van der Waals surface area contributed by atoms with Crippen LogP contribution in [0.15, 0.2) is 36.5 Å². The van der Waals surface area contributed by atoms with Crippen molar-refractivity contribution >= 4 is 16.7 Å². The molecule has 5 nitrogen and oxygen atoms in total. The Kier molecular flexibility index (Phi) is 5.65. The lowest BCUT2D eigenvalue weighted by Gasteiger charge is -2.50. The number of pyridine rings is 1. The highest BCUT2D eigenvalue weighted by atomic mass is 16.2. The molecule has 0 aliphatic carbocycles. The van der Waals surface area contributed by atoms with Crippen molar-refractivity contribution in [1.82, 2.24) is 19.7 Å². The first-order chi connectivity index (χ1) is 13.5. The minimum Gasteiger partial charge on any atom is -0.334 e. The highest BCUT2D eigenvalue weighted by Crippen LogP contribution is 2.27. The van der Waals surface area contributed by atoms with Gasteiger partial charge in [0.2, 0.25) is 0 Å². The highest BCUT2D eigenvalue weighted by molar-refractivity contribution is 6.05. The van der Waals surface area contributed by atoms with Gasteiger partial charge < -0.3 is 9.80 Å². The molecule has 0 bridgehead atoms. The summed E-state index contributed by atoms with van der Waals surface area (Å²) in [5, 5.41) is 2.03. The predicted molar refractivity (Wildman–Crippen MR) is 113 cm³/mol. The number of nitrogens with zero attached hydrogens (tertiary/aromatic N) is 4. The van der Waals surface area contributed by atoms with Crippen molar-refractivity contribution in [1.29, 1.82) is 0 Å². The normalized spacial score (nSPS) is 19.5. The third kappa shape index (κ3) is 3.91. The smallest absolute Gasteiger partial charge is 0.273 e. The highest BCUT2D eigenvalue weighted by Gasteiger charge is 2.39. The lowest BCUT2D eigenvalue weighted by Crippen LogP contribution is -2.64. The van der Waals surface area contributed by atoms with Crippen molar-refractivity contribution < 1.29 is 4.79 Å². The number of hydrogen-bond acceptors (Lipinski definition) is 4. The van der Waals surface area contributed by atoms with Gasteiger partial charge in [0.1, 0.15) is 5.69 Å². The summed E-state index contributed by atoms with van der Waals surface area (Å²) in [4.78, 5) is 24.6. The fourth-order valence-electron chi connectivity index (χ4n) is 4.62. The molecule has 0 saturated carbocycles. The minimum absolute atomic E-state index is 0.0703. The average Bonchev–Trinajstić information content (AvgIpc) is 2.66. The molecule has 2 fully saturated rings. The molecule has 5 heteroatoms. The van der Waals surface area contributed by atoms with Crippen molar-refractivity contribution in [2.75, 3.05) is 39.8 Å². The number of likely N-dealkylation sites (tertiary alicyclic amines) is 2. The third-order valence-electron chi connectivity index (χ3n) is 6.23. The number of benzene rings is 1. The quantitative estimate of drug-likeness (QED) is 0.799. The van der Waals surface area contributed by atoms with Gasteiger partial charge in [0.25, 0.3) is 5.91 Å². The molecule has 3 heterocycles. The van der Waals surface area contributed by atoms with Crippen molar-refractivity contribution in [3.8, 4) is 0 Å². The van der Waals surface area contributed by atoms with Gasteiger partial charge in [-0.15, -0.1) is 0 Å².